The molecule has 320 valence electrons. The highest BCUT2D eigenvalue weighted by Crippen LogP contribution is 2.28. The van der Waals surface area contributed by atoms with Crippen LogP contribution < -0.4 is 5.32 Å². The third-order valence-corrected chi connectivity index (χ3v) is 11.4. The van der Waals surface area contributed by atoms with Gasteiger partial charge in [0.15, 0.2) is 6.29 Å². The van der Waals surface area contributed by atoms with Crippen LogP contribution in [-0.2, 0) is 14.2 Å². The fourth-order valence-corrected chi connectivity index (χ4v) is 7.64. The van der Waals surface area contributed by atoms with Crippen molar-refractivity contribution < 1.29 is 53.6 Å². The maximum atomic E-state index is 12.5. The van der Waals surface area contributed by atoms with E-state index in [4.69, 9.17) is 14.2 Å². The first-order valence-electron chi connectivity index (χ1n) is 21.6. The Morgan fingerprint density at radius 3 is 1.72 bits per heavy atom. The summed E-state index contributed by atoms with van der Waals surface area (Å²) in [6.45, 7) is 5.86. The van der Waals surface area contributed by atoms with Crippen LogP contribution in [0.5, 0.6) is 0 Å². The van der Waals surface area contributed by atoms with Gasteiger partial charge in [0.25, 0.3) is 6.43 Å². The summed E-state index contributed by atoms with van der Waals surface area (Å²) in [6, 6.07) is -0.734. The Kier molecular flexibility index (Phi) is 26.9. The van der Waals surface area contributed by atoms with E-state index < -0.39 is 67.5 Å². The van der Waals surface area contributed by atoms with Gasteiger partial charge in [-0.3, -0.25) is 5.32 Å². The van der Waals surface area contributed by atoms with Crippen molar-refractivity contribution in [1.29, 1.82) is 0 Å². The third kappa shape index (κ3) is 19.6. The zero-order valence-electron chi connectivity index (χ0n) is 33.6. The maximum absolute atomic E-state index is 12.5. The molecule has 7 N–H and O–H groups in total. The first-order valence-corrected chi connectivity index (χ1v) is 21.6. The smallest absolute Gasteiger partial charge is 0.259 e. The standard InChI is InChI=1S/C42H79F2NO9/c1-3-4-5-6-7-8-9-10-14-17-20-23-26-34(47)36(48)33(29-53-41-39(51)38(50)37(49)35(28-46)54-41)45-42(30-52-31-42)27-24-21-18-15-12-11-13-16-19-22-25-32(2)40(43)44/h33-41,45-51H,2-31H2,1H3/t33-,34+,35?,36-,37?,38?,39?,41?/m0/s1. The van der Waals surface area contributed by atoms with E-state index in [9.17, 15) is 39.4 Å². The molecule has 2 fully saturated rings. The third-order valence-electron chi connectivity index (χ3n) is 11.4. The van der Waals surface area contributed by atoms with Gasteiger partial charge in [0.05, 0.1) is 50.2 Å². The molecule has 2 aliphatic heterocycles. The van der Waals surface area contributed by atoms with Crippen molar-refractivity contribution in [3.8, 4) is 0 Å². The average Bonchev–Trinajstić information content (AvgIpc) is 3.15. The number of halogens is 2. The van der Waals surface area contributed by atoms with E-state index >= 15 is 0 Å². The number of aliphatic hydroxyl groups is 6. The Labute approximate surface area is 325 Å². The highest BCUT2D eigenvalue weighted by atomic mass is 19.3. The topological polar surface area (TPSA) is 161 Å². The molecular weight excluding hydrogens is 700 g/mol. The lowest BCUT2D eigenvalue weighted by molar-refractivity contribution is -0.303. The summed E-state index contributed by atoms with van der Waals surface area (Å²) in [5.41, 5.74) is -0.369. The molecule has 5 unspecified atom stereocenters. The van der Waals surface area contributed by atoms with Gasteiger partial charge in [0.2, 0.25) is 0 Å². The van der Waals surface area contributed by atoms with Gasteiger partial charge in [0.1, 0.15) is 24.4 Å². The van der Waals surface area contributed by atoms with E-state index in [-0.39, 0.29) is 12.2 Å². The van der Waals surface area contributed by atoms with E-state index in [0.717, 1.165) is 89.9 Å². The number of hydrogen-bond acceptors (Lipinski definition) is 10. The van der Waals surface area contributed by atoms with Crippen LogP contribution in [0, 0.1) is 0 Å². The molecule has 8 atom stereocenters. The highest BCUT2D eigenvalue weighted by molar-refractivity contribution is 4.99. The Morgan fingerprint density at radius 2 is 1.24 bits per heavy atom. The molecule has 10 nitrogen and oxygen atoms in total. The quantitative estimate of drug-likeness (QED) is 0.0268. The summed E-state index contributed by atoms with van der Waals surface area (Å²) in [5, 5.41) is 66.6. The fourth-order valence-electron chi connectivity index (χ4n) is 7.64. The van der Waals surface area contributed by atoms with Crippen LogP contribution in [0.2, 0.25) is 0 Å². The number of aliphatic hydroxyl groups excluding tert-OH is 6. The predicted octanol–water partition coefficient (Wildman–Crippen LogP) is 6.85. The van der Waals surface area contributed by atoms with Crippen LogP contribution in [0.3, 0.4) is 0 Å². The molecule has 0 aromatic heterocycles. The Balaban J connectivity index is 1.79. The molecule has 0 aliphatic carbocycles. The number of ether oxygens (including phenoxy) is 3. The number of hydrogen-bond donors (Lipinski definition) is 7. The predicted molar refractivity (Wildman–Crippen MR) is 208 cm³/mol. The monoisotopic (exact) mass is 780 g/mol. The Morgan fingerprint density at radius 1 is 0.741 bits per heavy atom. The maximum Gasteiger partial charge on any atom is 0.259 e. The number of allylic oxidation sites excluding steroid dienone is 1. The number of unbranched alkanes of at least 4 members (excludes halogenated alkanes) is 20. The fraction of sp³-hybridized carbons (Fsp3) is 0.952. The second-order valence-electron chi connectivity index (χ2n) is 16.3. The van der Waals surface area contributed by atoms with Crippen molar-refractivity contribution in [1.82, 2.24) is 5.32 Å². The highest BCUT2D eigenvalue weighted by Gasteiger charge is 2.46. The lowest BCUT2D eigenvalue weighted by Gasteiger charge is -2.46. The molecule has 54 heavy (non-hydrogen) atoms. The molecule has 0 bridgehead atoms. The van der Waals surface area contributed by atoms with Crippen LogP contribution >= 0.6 is 0 Å². The molecule has 0 radical (unpaired) electrons. The Bertz CT molecular complexity index is 928. The molecule has 0 aromatic carbocycles. The zero-order chi connectivity index (χ0) is 39.6. The van der Waals surface area contributed by atoms with Crippen molar-refractivity contribution in [2.75, 3.05) is 26.4 Å². The second-order valence-corrected chi connectivity index (χ2v) is 16.3. The summed E-state index contributed by atoms with van der Waals surface area (Å²) >= 11 is 0. The van der Waals surface area contributed by atoms with Crippen LogP contribution in [0.1, 0.15) is 167 Å². The van der Waals surface area contributed by atoms with Gasteiger partial charge >= 0.3 is 0 Å². The van der Waals surface area contributed by atoms with Gasteiger partial charge in [-0.25, -0.2) is 8.78 Å². The second kappa shape index (κ2) is 29.4. The molecular formula is C42H79F2NO9. The summed E-state index contributed by atoms with van der Waals surface area (Å²) in [4.78, 5) is 0. The molecule has 2 saturated heterocycles. The van der Waals surface area contributed by atoms with E-state index in [1.54, 1.807) is 0 Å². The summed E-state index contributed by atoms with van der Waals surface area (Å²) in [6.07, 6.45) is 14.9. The lowest BCUT2D eigenvalue weighted by Crippen LogP contribution is -2.67. The van der Waals surface area contributed by atoms with Gasteiger partial charge in [-0.15, -0.1) is 0 Å². The van der Waals surface area contributed by atoms with Crippen molar-refractivity contribution in [2.24, 2.45) is 0 Å². The minimum absolute atomic E-state index is 0.0381. The number of alkyl halides is 2. The SMILES string of the molecule is C=C(CCCCCCCCCCCCC1(N[C@@H](COC2OC(CO)C(O)C(O)C2O)[C@H](O)[C@H](O)CCCCCCCCCCCCCC)COC1)C(F)F. The van der Waals surface area contributed by atoms with E-state index in [1.807, 2.05) is 0 Å². The minimum Gasteiger partial charge on any atom is -0.394 e. The first-order chi connectivity index (χ1) is 26.0. The van der Waals surface area contributed by atoms with Gasteiger partial charge in [-0.05, 0) is 31.3 Å². The van der Waals surface area contributed by atoms with E-state index in [2.05, 4.69) is 18.8 Å². The van der Waals surface area contributed by atoms with Crippen LogP contribution in [0.25, 0.3) is 0 Å². The Hall–Kier alpha value is -0.800. The van der Waals surface area contributed by atoms with E-state index in [1.165, 1.54) is 57.8 Å². The van der Waals surface area contributed by atoms with Crippen molar-refractivity contribution >= 4 is 0 Å². The normalized spacial score (nSPS) is 24.4. The number of nitrogens with one attached hydrogen (secondary N) is 1. The van der Waals surface area contributed by atoms with Gasteiger partial charge < -0.3 is 44.8 Å². The minimum atomic E-state index is -2.41. The van der Waals surface area contributed by atoms with Gasteiger partial charge in [0, 0.05) is 0 Å². The van der Waals surface area contributed by atoms with Crippen molar-refractivity contribution in [3.63, 3.8) is 0 Å². The number of rotatable bonds is 35. The molecule has 0 saturated carbocycles. The summed E-state index contributed by atoms with van der Waals surface area (Å²) in [7, 11) is 0. The molecule has 0 spiro atoms. The van der Waals surface area contributed by atoms with Crippen molar-refractivity contribution in [2.45, 2.75) is 228 Å². The molecule has 0 amide bonds. The lowest BCUT2D eigenvalue weighted by atomic mass is 9.87. The van der Waals surface area contributed by atoms with Gasteiger partial charge in [-0.1, -0.05) is 148 Å². The van der Waals surface area contributed by atoms with Crippen LogP contribution in [0.15, 0.2) is 12.2 Å². The first kappa shape index (κ1) is 49.3. The van der Waals surface area contributed by atoms with Crippen molar-refractivity contribution in [3.05, 3.63) is 12.2 Å². The van der Waals surface area contributed by atoms with Gasteiger partial charge in [-0.2, -0.15) is 0 Å². The summed E-state index contributed by atoms with van der Waals surface area (Å²) < 4.78 is 42.1. The summed E-state index contributed by atoms with van der Waals surface area (Å²) in [5.74, 6) is 0. The molecule has 12 heteroatoms. The van der Waals surface area contributed by atoms with Crippen LogP contribution in [0.4, 0.5) is 8.78 Å². The molecule has 2 heterocycles. The molecule has 2 aliphatic rings. The largest absolute Gasteiger partial charge is 0.394 e. The van der Waals surface area contributed by atoms with Crippen LogP contribution in [-0.4, -0.2) is 118 Å². The molecule has 0 aromatic rings. The molecule has 2 rings (SSSR count). The zero-order valence-corrected chi connectivity index (χ0v) is 33.6. The average molecular weight is 780 g/mol. The van der Waals surface area contributed by atoms with E-state index in [0.29, 0.717) is 26.1 Å².